The van der Waals surface area contributed by atoms with E-state index in [1.54, 1.807) is 24.3 Å². The van der Waals surface area contributed by atoms with Crippen molar-refractivity contribution in [3.05, 3.63) is 69.4 Å². The van der Waals surface area contributed by atoms with Gasteiger partial charge in [-0.3, -0.25) is 4.79 Å². The summed E-state index contributed by atoms with van der Waals surface area (Å²) in [4.78, 5) is 12.3. The molecule has 20 heavy (non-hydrogen) atoms. The van der Waals surface area contributed by atoms with Crippen molar-refractivity contribution >= 4 is 21.7 Å². The van der Waals surface area contributed by atoms with Crippen LogP contribution in [0.1, 0.15) is 47.7 Å². The van der Waals surface area contributed by atoms with Gasteiger partial charge >= 0.3 is 0 Å². The summed E-state index contributed by atoms with van der Waals surface area (Å²) in [6.07, 6.45) is 1.05. The highest BCUT2D eigenvalue weighted by Gasteiger charge is 2.16. The summed E-state index contributed by atoms with van der Waals surface area (Å²) >= 11 is 3.10. The van der Waals surface area contributed by atoms with E-state index in [0.29, 0.717) is 16.0 Å². The average molecular weight is 335 g/mol. The second-order valence-corrected chi connectivity index (χ2v) is 5.72. The number of benzene rings is 2. The summed E-state index contributed by atoms with van der Waals surface area (Å²) in [6, 6.07) is 12.2. The molecule has 0 radical (unpaired) electrons. The largest absolute Gasteiger partial charge is 0.288 e. The van der Waals surface area contributed by atoms with Crippen molar-refractivity contribution in [2.24, 2.45) is 0 Å². The fraction of sp³-hybridized carbons (Fsp3) is 0.235. The minimum Gasteiger partial charge on any atom is -0.288 e. The molecule has 0 saturated heterocycles. The maximum atomic E-state index is 13.9. The number of carbonyl (C=O) groups is 1. The van der Waals surface area contributed by atoms with E-state index >= 15 is 0 Å². The molecular formula is C17H16BrFO. The second-order valence-electron chi connectivity index (χ2n) is 4.86. The molecule has 0 aromatic heterocycles. The van der Waals surface area contributed by atoms with Crippen LogP contribution in [0.2, 0.25) is 0 Å². The Labute approximate surface area is 127 Å². The van der Waals surface area contributed by atoms with Gasteiger partial charge in [0.1, 0.15) is 5.82 Å². The molecule has 0 aliphatic rings. The van der Waals surface area contributed by atoms with Gasteiger partial charge in [-0.05, 0) is 46.0 Å². The molecule has 1 unspecified atom stereocenters. The smallest absolute Gasteiger partial charge is 0.196 e. The molecule has 3 heteroatoms. The third-order valence-electron chi connectivity index (χ3n) is 3.55. The molecular weight excluding hydrogens is 319 g/mol. The molecule has 2 rings (SSSR count). The van der Waals surface area contributed by atoms with Gasteiger partial charge in [0.25, 0.3) is 0 Å². The minimum atomic E-state index is -0.511. The summed E-state index contributed by atoms with van der Waals surface area (Å²) < 4.78 is 14.2. The molecule has 0 fully saturated rings. The maximum absolute atomic E-state index is 13.9. The van der Waals surface area contributed by atoms with Crippen LogP contribution >= 0.6 is 15.9 Å². The summed E-state index contributed by atoms with van der Waals surface area (Å²) in [6.45, 7) is 4.27. The lowest BCUT2D eigenvalue weighted by Gasteiger charge is -2.10. The molecule has 0 saturated carbocycles. The van der Waals surface area contributed by atoms with Crippen LogP contribution in [-0.4, -0.2) is 5.78 Å². The van der Waals surface area contributed by atoms with E-state index in [-0.39, 0.29) is 11.3 Å². The summed E-state index contributed by atoms with van der Waals surface area (Å²) in [5, 5.41) is 0. The fourth-order valence-electron chi connectivity index (χ4n) is 2.03. The van der Waals surface area contributed by atoms with Gasteiger partial charge in [-0.2, -0.15) is 0 Å². The first-order chi connectivity index (χ1) is 9.54. The summed E-state index contributed by atoms with van der Waals surface area (Å²) in [5.74, 6) is -0.343. The van der Waals surface area contributed by atoms with E-state index in [2.05, 4.69) is 29.8 Å². The quantitative estimate of drug-likeness (QED) is 0.690. The van der Waals surface area contributed by atoms with Gasteiger partial charge in [-0.25, -0.2) is 4.39 Å². The van der Waals surface area contributed by atoms with Gasteiger partial charge in [-0.15, -0.1) is 0 Å². The lowest BCUT2D eigenvalue weighted by atomic mass is 9.95. The Morgan fingerprint density at radius 2 is 1.85 bits per heavy atom. The van der Waals surface area contributed by atoms with Gasteiger partial charge < -0.3 is 0 Å². The molecule has 2 aromatic carbocycles. The summed E-state index contributed by atoms with van der Waals surface area (Å²) in [5.41, 5.74) is 1.79. The zero-order valence-electron chi connectivity index (χ0n) is 11.5. The normalized spacial score (nSPS) is 12.2. The number of rotatable bonds is 4. The zero-order chi connectivity index (χ0) is 14.7. The van der Waals surface area contributed by atoms with Crippen LogP contribution in [0, 0.1) is 5.82 Å². The van der Waals surface area contributed by atoms with Gasteiger partial charge in [0.15, 0.2) is 5.78 Å². The first-order valence-electron chi connectivity index (χ1n) is 6.63. The number of carbonyl (C=O) groups excluding carboxylic acids is 1. The van der Waals surface area contributed by atoms with Gasteiger partial charge in [0.2, 0.25) is 0 Å². The van der Waals surface area contributed by atoms with Crippen molar-refractivity contribution in [1.82, 2.24) is 0 Å². The molecule has 0 spiro atoms. The lowest BCUT2D eigenvalue weighted by molar-refractivity contribution is 0.103. The monoisotopic (exact) mass is 334 g/mol. The highest BCUT2D eigenvalue weighted by molar-refractivity contribution is 9.10. The number of hydrogen-bond acceptors (Lipinski definition) is 1. The third kappa shape index (κ3) is 2.98. The topological polar surface area (TPSA) is 17.1 Å². The van der Waals surface area contributed by atoms with Crippen LogP contribution in [0.25, 0.3) is 0 Å². The van der Waals surface area contributed by atoms with Crippen LogP contribution < -0.4 is 0 Å². The van der Waals surface area contributed by atoms with Crippen molar-refractivity contribution in [3.63, 3.8) is 0 Å². The third-order valence-corrected chi connectivity index (χ3v) is 4.16. The average Bonchev–Trinajstić information content (AvgIpc) is 2.48. The number of halogens is 2. The van der Waals surface area contributed by atoms with Crippen LogP contribution in [0.5, 0.6) is 0 Å². The molecule has 1 nitrogen and oxygen atoms in total. The van der Waals surface area contributed by atoms with Crippen molar-refractivity contribution in [3.8, 4) is 0 Å². The zero-order valence-corrected chi connectivity index (χ0v) is 13.1. The van der Waals surface area contributed by atoms with Crippen LogP contribution in [0.4, 0.5) is 4.39 Å². The molecule has 0 amide bonds. The molecule has 0 aliphatic heterocycles. The van der Waals surface area contributed by atoms with E-state index in [4.69, 9.17) is 0 Å². The van der Waals surface area contributed by atoms with E-state index in [0.717, 1.165) is 6.42 Å². The van der Waals surface area contributed by atoms with Crippen LogP contribution in [-0.2, 0) is 0 Å². The minimum absolute atomic E-state index is 0.0932. The second kappa shape index (κ2) is 6.31. The van der Waals surface area contributed by atoms with Gasteiger partial charge in [0, 0.05) is 5.56 Å². The highest BCUT2D eigenvalue weighted by atomic mass is 79.9. The van der Waals surface area contributed by atoms with Crippen molar-refractivity contribution in [2.75, 3.05) is 0 Å². The Morgan fingerprint density at radius 3 is 2.45 bits per heavy atom. The van der Waals surface area contributed by atoms with E-state index in [9.17, 15) is 9.18 Å². The standard InChI is InChI=1S/C17H16BrFO/c1-3-11(2)12-7-9-13(10-8-12)17(20)14-5-4-6-15(18)16(14)19/h4-11H,3H2,1-2H3. The summed E-state index contributed by atoms with van der Waals surface area (Å²) in [7, 11) is 0. The SMILES string of the molecule is CCC(C)c1ccc(C(=O)c2cccc(Br)c2F)cc1. The molecule has 2 aromatic rings. The number of ketones is 1. The molecule has 104 valence electrons. The fourth-order valence-corrected chi connectivity index (χ4v) is 2.40. The maximum Gasteiger partial charge on any atom is 0.196 e. The molecule has 0 bridgehead atoms. The van der Waals surface area contributed by atoms with Crippen LogP contribution in [0.15, 0.2) is 46.9 Å². The van der Waals surface area contributed by atoms with E-state index in [1.165, 1.54) is 11.6 Å². The molecule has 0 N–H and O–H groups in total. The Morgan fingerprint density at radius 1 is 1.20 bits per heavy atom. The van der Waals surface area contributed by atoms with Crippen molar-refractivity contribution in [2.45, 2.75) is 26.2 Å². The molecule has 0 aliphatic carbocycles. The first-order valence-corrected chi connectivity index (χ1v) is 7.42. The predicted octanol–water partition coefficient (Wildman–Crippen LogP) is 5.33. The van der Waals surface area contributed by atoms with E-state index < -0.39 is 5.82 Å². The Balaban J connectivity index is 2.32. The van der Waals surface area contributed by atoms with Gasteiger partial charge in [0.05, 0.1) is 10.0 Å². The van der Waals surface area contributed by atoms with Crippen molar-refractivity contribution in [1.29, 1.82) is 0 Å². The highest BCUT2D eigenvalue weighted by Crippen LogP contribution is 2.23. The molecule has 0 heterocycles. The van der Waals surface area contributed by atoms with Crippen LogP contribution in [0.3, 0.4) is 0 Å². The molecule has 1 atom stereocenters. The Bertz CT molecular complexity index is 619. The first kappa shape index (κ1) is 14.9. The van der Waals surface area contributed by atoms with Gasteiger partial charge in [-0.1, -0.05) is 44.2 Å². The number of hydrogen-bond donors (Lipinski definition) is 0. The Kier molecular flexibility index (Phi) is 4.71. The predicted molar refractivity (Wildman–Crippen MR) is 82.7 cm³/mol. The van der Waals surface area contributed by atoms with Crippen molar-refractivity contribution < 1.29 is 9.18 Å². The lowest BCUT2D eigenvalue weighted by Crippen LogP contribution is -2.05. The Hall–Kier alpha value is -1.48. The van der Waals surface area contributed by atoms with E-state index in [1.807, 2.05) is 12.1 Å².